The fraction of sp³-hybridized carbons (Fsp3) is 0.105. The Balaban J connectivity index is 2.07. The van der Waals surface area contributed by atoms with E-state index in [1.54, 1.807) is 24.8 Å². The summed E-state index contributed by atoms with van der Waals surface area (Å²) < 4.78 is 23.9. The summed E-state index contributed by atoms with van der Waals surface area (Å²) in [4.78, 5) is 13.4. The summed E-state index contributed by atoms with van der Waals surface area (Å²) in [7, 11) is 0. The molecule has 3 aromatic rings. The van der Waals surface area contributed by atoms with Gasteiger partial charge in [0.1, 0.15) is 17.3 Å². The Hall–Kier alpha value is -2.53. The van der Waals surface area contributed by atoms with Crippen molar-refractivity contribution in [2.45, 2.75) is 11.8 Å². The van der Waals surface area contributed by atoms with E-state index in [-0.39, 0.29) is 11.6 Å². The van der Waals surface area contributed by atoms with E-state index < -0.39 is 5.63 Å². The number of ether oxygens (including phenoxy) is 1. The zero-order valence-electron chi connectivity index (χ0n) is 13.2. The summed E-state index contributed by atoms with van der Waals surface area (Å²) in [5, 5.41) is 0. The third-order valence-corrected chi connectivity index (χ3v) is 4.21. The van der Waals surface area contributed by atoms with Gasteiger partial charge in [-0.15, -0.1) is 11.8 Å². The first-order valence-corrected chi connectivity index (χ1v) is 8.52. The van der Waals surface area contributed by atoms with Crippen LogP contribution in [0.5, 0.6) is 11.5 Å². The first-order valence-electron chi connectivity index (χ1n) is 7.29. The highest BCUT2D eigenvalue weighted by atomic mass is 32.2. The molecule has 2 aromatic carbocycles. The summed E-state index contributed by atoms with van der Waals surface area (Å²) >= 11 is 1.64. The Labute approximate surface area is 143 Å². The molecule has 0 unspecified atom stereocenters. The maximum Gasteiger partial charge on any atom is 0.379 e. The average Bonchev–Trinajstić information content (AvgIpc) is 2.59. The van der Waals surface area contributed by atoms with Crippen molar-refractivity contribution < 1.29 is 13.5 Å². The van der Waals surface area contributed by atoms with Crippen LogP contribution in [0.25, 0.3) is 11.1 Å². The number of hydrogen-bond donors (Lipinski definition) is 0. The lowest BCUT2D eigenvalue weighted by Crippen LogP contribution is -2.06. The second kappa shape index (κ2) is 6.93. The van der Waals surface area contributed by atoms with Crippen LogP contribution in [-0.2, 0) is 0 Å². The highest BCUT2D eigenvalue weighted by Gasteiger charge is 2.15. The molecule has 0 bridgehead atoms. The van der Waals surface area contributed by atoms with Crippen LogP contribution in [0.3, 0.4) is 0 Å². The molecule has 3 nitrogen and oxygen atoms in total. The fourth-order valence-electron chi connectivity index (χ4n) is 2.30. The predicted molar refractivity (Wildman–Crippen MR) is 93.4 cm³/mol. The normalized spacial score (nSPS) is 10.6. The van der Waals surface area contributed by atoms with E-state index in [2.05, 4.69) is 0 Å². The molecule has 0 amide bonds. The van der Waals surface area contributed by atoms with Crippen molar-refractivity contribution in [1.82, 2.24) is 0 Å². The van der Waals surface area contributed by atoms with Crippen molar-refractivity contribution in [3.05, 3.63) is 76.6 Å². The van der Waals surface area contributed by atoms with Crippen molar-refractivity contribution in [2.24, 2.45) is 0 Å². The van der Waals surface area contributed by atoms with Crippen LogP contribution >= 0.6 is 11.8 Å². The van der Waals surface area contributed by atoms with Gasteiger partial charge in [0.15, 0.2) is 0 Å². The Bertz CT molecular complexity index is 899. The lowest BCUT2D eigenvalue weighted by atomic mass is 10.1. The highest BCUT2D eigenvalue weighted by Crippen LogP contribution is 2.32. The van der Waals surface area contributed by atoms with Crippen LogP contribution in [0.4, 0.5) is 4.39 Å². The Kier molecular flexibility index (Phi) is 4.71. The second-order valence-corrected chi connectivity index (χ2v) is 6.05. The lowest BCUT2D eigenvalue weighted by Gasteiger charge is -2.11. The zero-order chi connectivity index (χ0) is 17.1. The minimum Gasteiger partial charge on any atom is -0.449 e. The van der Waals surface area contributed by atoms with Gasteiger partial charge in [0.25, 0.3) is 0 Å². The minimum absolute atomic E-state index is 0.0871. The van der Waals surface area contributed by atoms with Gasteiger partial charge in [-0.25, -0.2) is 9.18 Å². The quantitative estimate of drug-likeness (QED) is 0.606. The van der Waals surface area contributed by atoms with Gasteiger partial charge in [0, 0.05) is 10.5 Å². The van der Waals surface area contributed by atoms with Crippen molar-refractivity contribution >= 4 is 11.8 Å². The van der Waals surface area contributed by atoms with E-state index in [0.717, 1.165) is 10.5 Å². The molecule has 0 aliphatic rings. The maximum absolute atomic E-state index is 13.0. The van der Waals surface area contributed by atoms with Gasteiger partial charge in [0.05, 0.1) is 0 Å². The molecule has 0 radical (unpaired) electrons. The number of benzene rings is 2. The highest BCUT2D eigenvalue weighted by molar-refractivity contribution is 7.98. The van der Waals surface area contributed by atoms with Gasteiger partial charge in [-0.2, -0.15) is 0 Å². The molecule has 1 aromatic heterocycles. The van der Waals surface area contributed by atoms with Gasteiger partial charge < -0.3 is 9.15 Å². The molecule has 122 valence electrons. The standard InChI is InChI=1S/C19H15FO3S/c1-12-11-17(13-3-9-16(24-2)10-4-13)18(19(21)22-12)23-15-7-5-14(20)6-8-15/h3-11H,1-2H3. The smallest absolute Gasteiger partial charge is 0.379 e. The molecule has 0 N–H and O–H groups in total. The van der Waals surface area contributed by atoms with Crippen LogP contribution in [0.15, 0.2) is 68.7 Å². The maximum atomic E-state index is 13.0. The Morgan fingerprint density at radius 2 is 1.71 bits per heavy atom. The fourth-order valence-corrected chi connectivity index (χ4v) is 2.71. The first kappa shape index (κ1) is 16.3. The predicted octanol–water partition coefficient (Wildman–Crippen LogP) is 5.27. The van der Waals surface area contributed by atoms with E-state index in [1.807, 2.05) is 30.5 Å². The van der Waals surface area contributed by atoms with Gasteiger partial charge in [-0.1, -0.05) is 12.1 Å². The summed E-state index contributed by atoms with van der Waals surface area (Å²) in [6.45, 7) is 1.71. The monoisotopic (exact) mass is 342 g/mol. The van der Waals surface area contributed by atoms with Crippen molar-refractivity contribution in [3.8, 4) is 22.6 Å². The van der Waals surface area contributed by atoms with Gasteiger partial charge in [-0.3, -0.25) is 0 Å². The van der Waals surface area contributed by atoms with Crippen LogP contribution in [-0.4, -0.2) is 6.26 Å². The van der Waals surface area contributed by atoms with Gasteiger partial charge >= 0.3 is 5.63 Å². The van der Waals surface area contributed by atoms with Crippen LogP contribution < -0.4 is 10.4 Å². The van der Waals surface area contributed by atoms with Crippen LogP contribution in [0.1, 0.15) is 5.76 Å². The third-order valence-electron chi connectivity index (χ3n) is 3.47. The SMILES string of the molecule is CSc1ccc(-c2cc(C)oc(=O)c2Oc2ccc(F)cc2)cc1. The van der Waals surface area contributed by atoms with E-state index in [1.165, 1.54) is 24.3 Å². The molecule has 24 heavy (non-hydrogen) atoms. The largest absolute Gasteiger partial charge is 0.449 e. The summed E-state index contributed by atoms with van der Waals surface area (Å²) in [5.74, 6) is 0.584. The van der Waals surface area contributed by atoms with Gasteiger partial charge in [0.2, 0.25) is 5.75 Å². The van der Waals surface area contributed by atoms with Crippen molar-refractivity contribution in [3.63, 3.8) is 0 Å². The van der Waals surface area contributed by atoms with Crippen LogP contribution in [0.2, 0.25) is 0 Å². The summed E-state index contributed by atoms with van der Waals surface area (Å²) in [6.07, 6.45) is 2.00. The molecule has 0 atom stereocenters. The summed E-state index contributed by atoms with van der Waals surface area (Å²) in [5.41, 5.74) is 0.921. The molecule has 0 aliphatic carbocycles. The van der Waals surface area contributed by atoms with E-state index in [9.17, 15) is 9.18 Å². The van der Waals surface area contributed by atoms with Crippen molar-refractivity contribution in [1.29, 1.82) is 0 Å². The molecular formula is C19H15FO3S. The molecule has 0 fully saturated rings. The zero-order valence-corrected chi connectivity index (χ0v) is 14.0. The molecule has 0 saturated heterocycles. The second-order valence-electron chi connectivity index (χ2n) is 5.17. The Morgan fingerprint density at radius 3 is 2.33 bits per heavy atom. The first-order chi connectivity index (χ1) is 11.6. The number of aryl methyl sites for hydroxylation is 1. The number of halogens is 1. The van der Waals surface area contributed by atoms with E-state index in [4.69, 9.17) is 9.15 Å². The van der Waals surface area contributed by atoms with E-state index >= 15 is 0 Å². The lowest BCUT2D eigenvalue weighted by molar-refractivity contribution is 0.410. The van der Waals surface area contributed by atoms with E-state index in [0.29, 0.717) is 17.1 Å². The molecule has 3 rings (SSSR count). The number of rotatable bonds is 4. The summed E-state index contributed by atoms with van der Waals surface area (Å²) in [6, 6.07) is 15.1. The Morgan fingerprint density at radius 1 is 1.04 bits per heavy atom. The topological polar surface area (TPSA) is 39.4 Å². The van der Waals surface area contributed by atoms with Crippen molar-refractivity contribution in [2.75, 3.05) is 6.26 Å². The van der Waals surface area contributed by atoms with Crippen LogP contribution in [0, 0.1) is 12.7 Å². The number of hydrogen-bond acceptors (Lipinski definition) is 4. The molecular weight excluding hydrogens is 327 g/mol. The molecule has 1 heterocycles. The average molecular weight is 342 g/mol. The number of thioether (sulfide) groups is 1. The third kappa shape index (κ3) is 3.51. The van der Waals surface area contributed by atoms with Gasteiger partial charge in [-0.05, 0) is 61.2 Å². The molecule has 5 heteroatoms. The molecule has 0 saturated carbocycles. The molecule has 0 spiro atoms. The minimum atomic E-state index is -0.566. The molecule has 0 aliphatic heterocycles.